The number of nitrogens with zero attached hydrogens (tertiary/aromatic N) is 2. The SMILES string of the molecule is CCOC1=C(C)C(=[N+]=[N-])C(Br)=C(C)C1N. The molecule has 1 aliphatic carbocycles. The van der Waals surface area contributed by atoms with Gasteiger partial charge in [0.2, 0.25) is 0 Å². The smallest absolute Gasteiger partial charge is 0.335 e. The molecule has 0 heterocycles. The van der Waals surface area contributed by atoms with E-state index in [-0.39, 0.29) is 6.04 Å². The molecule has 1 rings (SSSR count). The molecule has 1 unspecified atom stereocenters. The molecule has 0 aromatic heterocycles. The lowest BCUT2D eigenvalue weighted by Crippen LogP contribution is -2.33. The van der Waals surface area contributed by atoms with Gasteiger partial charge in [0.15, 0.2) is 0 Å². The maximum absolute atomic E-state index is 8.92. The second kappa shape index (κ2) is 4.75. The van der Waals surface area contributed by atoms with Crippen LogP contribution in [0, 0.1) is 0 Å². The van der Waals surface area contributed by atoms with E-state index in [4.69, 9.17) is 16.0 Å². The number of ether oxygens (including phenoxy) is 1. The van der Waals surface area contributed by atoms with Crippen molar-refractivity contribution in [3.8, 4) is 0 Å². The lowest BCUT2D eigenvalue weighted by molar-refractivity contribution is -0.00360. The van der Waals surface area contributed by atoms with E-state index in [0.29, 0.717) is 18.1 Å². The lowest BCUT2D eigenvalue weighted by Gasteiger charge is -2.23. The molecule has 1 aliphatic rings. The van der Waals surface area contributed by atoms with Gasteiger partial charge in [0.1, 0.15) is 10.2 Å². The molecule has 15 heavy (non-hydrogen) atoms. The summed E-state index contributed by atoms with van der Waals surface area (Å²) in [5, 5.41) is 0. The molecule has 0 amide bonds. The molecule has 0 fully saturated rings. The van der Waals surface area contributed by atoms with E-state index in [1.165, 1.54) is 0 Å². The van der Waals surface area contributed by atoms with Crippen molar-refractivity contribution in [3.63, 3.8) is 0 Å². The molecule has 2 N–H and O–H groups in total. The summed E-state index contributed by atoms with van der Waals surface area (Å²) in [7, 11) is 0. The molecule has 1 atom stereocenters. The first-order valence-corrected chi connectivity index (χ1v) is 5.52. The third-order valence-electron chi connectivity index (χ3n) is 2.43. The average Bonchev–Trinajstić information content (AvgIpc) is 2.22. The third-order valence-corrected chi connectivity index (χ3v) is 3.43. The number of rotatable bonds is 2. The second-order valence-electron chi connectivity index (χ2n) is 3.35. The Balaban J connectivity index is 3.29. The minimum Gasteiger partial charge on any atom is -0.496 e. The van der Waals surface area contributed by atoms with Gasteiger partial charge in [-0.05, 0) is 42.3 Å². The topological polar surface area (TPSA) is 71.7 Å². The quantitative estimate of drug-likeness (QED) is 0.616. The monoisotopic (exact) mass is 271 g/mol. The number of hydrogen-bond donors (Lipinski definition) is 1. The summed E-state index contributed by atoms with van der Waals surface area (Å²) in [6.07, 6.45) is 0. The van der Waals surface area contributed by atoms with E-state index in [2.05, 4.69) is 20.7 Å². The first kappa shape index (κ1) is 12.2. The van der Waals surface area contributed by atoms with Gasteiger partial charge in [0.25, 0.3) is 0 Å². The Labute approximate surface area is 97.5 Å². The van der Waals surface area contributed by atoms with Crippen molar-refractivity contribution < 1.29 is 9.53 Å². The standard InChI is InChI=1S/C10H14BrN3O/c1-4-15-10-6(3)9(14-13)7(11)5(2)8(10)12/h8H,4,12H2,1-3H3. The van der Waals surface area contributed by atoms with Gasteiger partial charge in [-0.15, -0.1) is 0 Å². The fraction of sp³-hybridized carbons (Fsp3) is 0.500. The molecule has 0 radical (unpaired) electrons. The zero-order chi connectivity index (χ0) is 11.6. The Bertz CT molecular complexity index is 391. The van der Waals surface area contributed by atoms with E-state index in [9.17, 15) is 0 Å². The van der Waals surface area contributed by atoms with Crippen LogP contribution >= 0.6 is 15.9 Å². The fourth-order valence-electron chi connectivity index (χ4n) is 1.51. The Morgan fingerprint density at radius 3 is 2.60 bits per heavy atom. The van der Waals surface area contributed by atoms with Crippen molar-refractivity contribution in [3.05, 3.63) is 26.9 Å². The maximum Gasteiger partial charge on any atom is 0.335 e. The molecular formula is C10H14BrN3O. The van der Waals surface area contributed by atoms with Crippen LogP contribution in [0.4, 0.5) is 0 Å². The Morgan fingerprint density at radius 2 is 2.13 bits per heavy atom. The highest BCUT2D eigenvalue weighted by atomic mass is 79.9. The number of halogens is 1. The van der Waals surface area contributed by atoms with E-state index >= 15 is 0 Å². The van der Waals surface area contributed by atoms with Crippen LogP contribution < -0.4 is 5.73 Å². The minimum atomic E-state index is -0.273. The van der Waals surface area contributed by atoms with Crippen LogP contribution in [0.3, 0.4) is 0 Å². The molecule has 0 bridgehead atoms. The maximum atomic E-state index is 8.92. The van der Waals surface area contributed by atoms with Crippen molar-refractivity contribution in [2.75, 3.05) is 6.61 Å². The van der Waals surface area contributed by atoms with Gasteiger partial charge in [-0.2, -0.15) is 4.79 Å². The van der Waals surface area contributed by atoms with Gasteiger partial charge < -0.3 is 16.0 Å². The summed E-state index contributed by atoms with van der Waals surface area (Å²) in [4.78, 5) is 3.25. The highest BCUT2D eigenvalue weighted by Gasteiger charge is 2.33. The second-order valence-corrected chi connectivity index (χ2v) is 4.14. The Hall–Kier alpha value is -0.900. The van der Waals surface area contributed by atoms with Crippen molar-refractivity contribution in [2.24, 2.45) is 5.73 Å². The van der Waals surface area contributed by atoms with E-state index in [1.54, 1.807) is 0 Å². The van der Waals surface area contributed by atoms with Crippen LogP contribution in [0.2, 0.25) is 0 Å². The summed E-state index contributed by atoms with van der Waals surface area (Å²) < 4.78 is 6.20. The summed E-state index contributed by atoms with van der Waals surface area (Å²) in [5.74, 6) is 0.672. The van der Waals surface area contributed by atoms with E-state index in [0.717, 1.165) is 15.6 Å². The van der Waals surface area contributed by atoms with E-state index < -0.39 is 0 Å². The number of hydrogen-bond acceptors (Lipinski definition) is 2. The highest BCUT2D eigenvalue weighted by molar-refractivity contribution is 9.12. The molecule has 0 spiro atoms. The van der Waals surface area contributed by atoms with Gasteiger partial charge in [-0.25, -0.2) is 0 Å². The van der Waals surface area contributed by atoms with Crippen LogP contribution in [0.1, 0.15) is 20.8 Å². The predicted molar refractivity (Wildman–Crippen MR) is 62.6 cm³/mol. The molecule has 0 aliphatic heterocycles. The molecule has 0 saturated heterocycles. The molecule has 0 saturated carbocycles. The number of allylic oxidation sites excluding steroid dienone is 2. The minimum absolute atomic E-state index is 0.273. The van der Waals surface area contributed by atoms with E-state index in [1.807, 2.05) is 20.8 Å². The zero-order valence-corrected chi connectivity index (χ0v) is 10.6. The van der Waals surface area contributed by atoms with Crippen LogP contribution in [0.5, 0.6) is 0 Å². The largest absolute Gasteiger partial charge is 0.496 e. The Kier molecular flexibility index (Phi) is 3.85. The van der Waals surface area contributed by atoms with Gasteiger partial charge in [0, 0.05) is 0 Å². The van der Waals surface area contributed by atoms with Crippen molar-refractivity contribution >= 4 is 21.6 Å². The van der Waals surface area contributed by atoms with Gasteiger partial charge in [-0.3, -0.25) is 0 Å². The molecule has 5 heteroatoms. The molecule has 4 nitrogen and oxygen atoms in total. The van der Waals surface area contributed by atoms with Crippen LogP contribution in [0.15, 0.2) is 21.4 Å². The fourth-order valence-corrected chi connectivity index (χ4v) is 2.13. The van der Waals surface area contributed by atoms with Gasteiger partial charge >= 0.3 is 5.71 Å². The first-order chi connectivity index (χ1) is 7.04. The highest BCUT2D eigenvalue weighted by Crippen LogP contribution is 2.30. The molecular weight excluding hydrogens is 258 g/mol. The summed E-state index contributed by atoms with van der Waals surface area (Å²) in [6.45, 7) is 6.15. The normalized spacial score (nSPS) is 21.9. The van der Waals surface area contributed by atoms with Crippen molar-refractivity contribution in [2.45, 2.75) is 26.8 Å². The van der Waals surface area contributed by atoms with Crippen molar-refractivity contribution in [1.29, 1.82) is 0 Å². The van der Waals surface area contributed by atoms with Crippen LogP contribution in [0.25, 0.3) is 5.53 Å². The van der Waals surface area contributed by atoms with Crippen LogP contribution in [-0.2, 0) is 4.74 Å². The van der Waals surface area contributed by atoms with Crippen LogP contribution in [-0.4, -0.2) is 23.2 Å². The summed E-state index contributed by atoms with van der Waals surface area (Å²) in [6, 6.07) is -0.273. The van der Waals surface area contributed by atoms with Crippen molar-refractivity contribution in [1.82, 2.24) is 0 Å². The predicted octanol–water partition coefficient (Wildman–Crippen LogP) is 1.98. The van der Waals surface area contributed by atoms with Gasteiger partial charge in [0.05, 0.1) is 18.2 Å². The molecule has 82 valence electrons. The van der Waals surface area contributed by atoms with Gasteiger partial charge in [-0.1, -0.05) is 0 Å². The lowest BCUT2D eigenvalue weighted by atomic mass is 9.94. The average molecular weight is 272 g/mol. The molecule has 0 aromatic rings. The molecule has 0 aromatic carbocycles. The zero-order valence-electron chi connectivity index (χ0n) is 9.04. The number of nitrogens with two attached hydrogens (primary N) is 1. The summed E-state index contributed by atoms with van der Waals surface area (Å²) >= 11 is 3.36. The first-order valence-electron chi connectivity index (χ1n) is 4.72. The summed E-state index contributed by atoms with van der Waals surface area (Å²) in [5.41, 5.74) is 17.1. The third kappa shape index (κ3) is 2.04. The Morgan fingerprint density at radius 1 is 1.53 bits per heavy atom.